The number of aromatic amines is 1. The predicted molar refractivity (Wildman–Crippen MR) is 357 cm³/mol. The minimum absolute atomic E-state index is 0.0176. The first kappa shape index (κ1) is 68.9. The maximum atomic E-state index is 16.9. The number of H-pyrrole nitrogens is 1. The van der Waals surface area contributed by atoms with Crippen LogP contribution in [0.25, 0.3) is 33.5 Å². The number of likely N-dealkylation sites (tertiary alicyclic amines) is 1. The molecule has 0 aliphatic carbocycles. The SMILES string of the molecule is COc1ccc(CN(Cc2ccc(OC)cc2)S(=O)(=O)c2c(S(=O)(=O)N[C@H]3CN(C(=O)OC(C)(C)C)C[C@H]3NC(=O)OCc3ccccc3)ccc(-c3cccc4[nH]c([C@@H](COCc5ccccc5)NC(=O)OC(C)(C)C)nc34)c2-c2nnn(Cc3ccc(OC)cc3)n2)cc1. The molecule has 3 amide bonds. The van der Waals surface area contributed by atoms with Gasteiger partial charge in [-0.05, 0) is 129 Å². The number of tetrazole rings is 1. The van der Waals surface area contributed by atoms with Crippen molar-refractivity contribution in [1.29, 1.82) is 0 Å². The summed E-state index contributed by atoms with van der Waals surface area (Å²) in [7, 11) is -5.88. The zero-order valence-electron chi connectivity index (χ0n) is 54.6. The van der Waals surface area contributed by atoms with Gasteiger partial charge in [0.1, 0.15) is 56.7 Å². The Bertz CT molecular complexity index is 4340. The van der Waals surface area contributed by atoms with Gasteiger partial charge in [0, 0.05) is 31.7 Å². The third kappa shape index (κ3) is 17.5. The molecule has 0 spiro atoms. The normalized spacial score (nSPS) is 14.7. The van der Waals surface area contributed by atoms with Gasteiger partial charge in [-0.1, -0.05) is 115 Å². The van der Waals surface area contributed by atoms with Crippen LogP contribution in [0.4, 0.5) is 14.4 Å². The van der Waals surface area contributed by atoms with Crippen LogP contribution in [0.1, 0.15) is 81.2 Å². The average Bonchev–Trinajstić information content (AvgIpc) is 0.943. The lowest BCUT2D eigenvalue weighted by Crippen LogP contribution is -2.51. The quantitative estimate of drug-likeness (QED) is 0.0387. The molecule has 1 aliphatic heterocycles. The van der Waals surface area contributed by atoms with E-state index >= 15 is 16.8 Å². The smallest absolute Gasteiger partial charge is 0.410 e. The first-order valence-electron chi connectivity index (χ1n) is 30.8. The van der Waals surface area contributed by atoms with Crippen molar-refractivity contribution in [2.45, 2.75) is 114 Å². The average molecular weight is 1350 g/mol. The van der Waals surface area contributed by atoms with Crippen LogP contribution >= 0.6 is 0 Å². The number of nitrogens with one attached hydrogen (secondary N) is 4. The molecule has 2 aromatic heterocycles. The highest BCUT2D eigenvalue weighted by Gasteiger charge is 2.44. The lowest BCUT2D eigenvalue weighted by atomic mass is 9.98. The van der Waals surface area contributed by atoms with Gasteiger partial charge in [0.25, 0.3) is 0 Å². The van der Waals surface area contributed by atoms with Gasteiger partial charge in [0.15, 0.2) is 0 Å². The second-order valence-corrected chi connectivity index (χ2v) is 28.3. The molecule has 27 heteroatoms. The highest BCUT2D eigenvalue weighted by Crippen LogP contribution is 2.44. The van der Waals surface area contributed by atoms with Gasteiger partial charge in [0.05, 0.1) is 69.8 Å². The first-order chi connectivity index (χ1) is 45.8. The number of amides is 3. The summed E-state index contributed by atoms with van der Waals surface area (Å²) >= 11 is 0. The molecule has 0 unspecified atom stereocenters. The van der Waals surface area contributed by atoms with E-state index in [1.807, 2.05) is 36.4 Å². The Labute approximate surface area is 557 Å². The number of alkyl carbamates (subject to hydrolysis) is 2. The van der Waals surface area contributed by atoms with Gasteiger partial charge in [-0.25, -0.2) is 40.9 Å². The molecule has 504 valence electrons. The van der Waals surface area contributed by atoms with Crippen LogP contribution in [0.2, 0.25) is 0 Å². The Morgan fingerprint density at radius 1 is 0.625 bits per heavy atom. The molecule has 0 bridgehead atoms. The zero-order valence-corrected chi connectivity index (χ0v) is 56.3. The molecule has 3 heterocycles. The van der Waals surface area contributed by atoms with Gasteiger partial charge < -0.3 is 53.7 Å². The monoisotopic (exact) mass is 1350 g/mol. The van der Waals surface area contributed by atoms with Crippen LogP contribution < -0.4 is 29.6 Å². The summed E-state index contributed by atoms with van der Waals surface area (Å²) in [5, 5.41) is 19.5. The number of nitrogens with zero attached hydrogens (tertiary/aromatic N) is 7. The van der Waals surface area contributed by atoms with Crippen molar-refractivity contribution in [2.24, 2.45) is 0 Å². The molecule has 96 heavy (non-hydrogen) atoms. The molecule has 1 saturated heterocycles. The highest BCUT2D eigenvalue weighted by atomic mass is 32.2. The largest absolute Gasteiger partial charge is 0.497 e. The fraction of sp³-hybridized carbons (Fsp3) is 0.319. The minimum Gasteiger partial charge on any atom is -0.497 e. The second kappa shape index (κ2) is 29.8. The van der Waals surface area contributed by atoms with E-state index in [0.717, 1.165) is 9.87 Å². The summed E-state index contributed by atoms with van der Waals surface area (Å²) < 4.78 is 110. The molecule has 0 radical (unpaired) electrons. The molecule has 1 aliphatic rings. The summed E-state index contributed by atoms with van der Waals surface area (Å²) in [6, 6.07) is 43.2. The number of imidazole rings is 1. The first-order valence-corrected chi connectivity index (χ1v) is 33.7. The summed E-state index contributed by atoms with van der Waals surface area (Å²) in [6.45, 7) is 8.97. The fourth-order valence-corrected chi connectivity index (χ4v) is 14.4. The molecular weight excluding hydrogens is 1270 g/mol. The van der Waals surface area contributed by atoms with Crippen molar-refractivity contribution in [3.8, 4) is 39.8 Å². The van der Waals surface area contributed by atoms with Crippen LogP contribution in [-0.2, 0) is 71.8 Å². The van der Waals surface area contributed by atoms with E-state index in [4.69, 9.17) is 43.2 Å². The fourth-order valence-electron chi connectivity index (χ4n) is 10.7. The molecule has 9 aromatic rings. The standard InChI is InChI=1S/C69H77N11O14S2/c1-68(2,3)93-66(82)72-58(44-91-42-48-17-12-10-13-18-48)63-70-55-22-16-21-54(61(55)73-63)53-35-36-59(95(84,85)76-57-41-78(67(83)94-69(4,5)6)40-56(57)71-65(81)92-43-49-19-14-11-15-20-49)62(60(53)64-74-77-80(75-64)39-47-27-33-52(90-9)34-28-47)96(86,87)79(37-45-23-29-50(88-7)30-24-45)38-46-25-31-51(89-8)32-26-46/h10-36,56-58,76H,37-44H2,1-9H3,(H,70,73)(H,71,81)(H,72,82)/t56-,57+,58-/m1/s1. The van der Waals surface area contributed by atoms with Crippen molar-refractivity contribution < 1.29 is 64.4 Å². The third-order valence-electron chi connectivity index (χ3n) is 15.2. The lowest BCUT2D eigenvalue weighted by molar-refractivity contribution is 0.0287. The van der Waals surface area contributed by atoms with Crippen molar-refractivity contribution in [2.75, 3.05) is 41.0 Å². The van der Waals surface area contributed by atoms with Crippen LogP contribution in [-0.4, -0.2) is 139 Å². The number of benzene rings is 7. The van der Waals surface area contributed by atoms with E-state index in [1.165, 1.54) is 36.0 Å². The Kier molecular flexibility index (Phi) is 21.4. The Morgan fingerprint density at radius 3 is 1.76 bits per heavy atom. The third-order valence-corrected chi connectivity index (χ3v) is 18.8. The minimum atomic E-state index is -5.24. The number of aromatic nitrogens is 6. The molecule has 0 saturated carbocycles. The Balaban J connectivity index is 1.18. The highest BCUT2D eigenvalue weighted by molar-refractivity contribution is 7.92. The van der Waals surface area contributed by atoms with E-state index in [9.17, 15) is 14.4 Å². The van der Waals surface area contributed by atoms with Gasteiger partial charge in [-0.15, -0.1) is 10.2 Å². The molecule has 3 atom stereocenters. The second-order valence-electron chi connectivity index (χ2n) is 24.7. The molecule has 10 rings (SSSR count). The number of para-hydroxylation sites is 1. The molecule has 25 nitrogen and oxygen atoms in total. The maximum absolute atomic E-state index is 16.9. The number of fused-ring (bicyclic) bond motifs is 1. The molecule has 4 N–H and O–H groups in total. The zero-order chi connectivity index (χ0) is 68.4. The number of sulfonamides is 2. The van der Waals surface area contributed by atoms with Crippen molar-refractivity contribution in [1.82, 2.24) is 54.7 Å². The van der Waals surface area contributed by atoms with Crippen LogP contribution in [0.5, 0.6) is 17.2 Å². The van der Waals surface area contributed by atoms with E-state index in [2.05, 4.69) is 30.7 Å². The van der Waals surface area contributed by atoms with E-state index in [0.29, 0.717) is 45.0 Å². The Hall–Kier alpha value is -9.93. The van der Waals surface area contributed by atoms with E-state index in [-0.39, 0.29) is 86.4 Å². The molecule has 7 aromatic carbocycles. The topological polar surface area (TPSA) is 299 Å². The van der Waals surface area contributed by atoms with Crippen LogP contribution in [0.3, 0.4) is 0 Å². The van der Waals surface area contributed by atoms with Crippen molar-refractivity contribution in [3.05, 3.63) is 197 Å². The van der Waals surface area contributed by atoms with Gasteiger partial charge in [-0.3, -0.25) is 0 Å². The summed E-state index contributed by atoms with van der Waals surface area (Å²) in [6.07, 6.45) is -2.48. The van der Waals surface area contributed by atoms with E-state index < -0.39 is 77.4 Å². The van der Waals surface area contributed by atoms with Gasteiger partial charge in [0.2, 0.25) is 25.9 Å². The van der Waals surface area contributed by atoms with Crippen molar-refractivity contribution >= 4 is 49.4 Å². The van der Waals surface area contributed by atoms with Crippen LogP contribution in [0.15, 0.2) is 174 Å². The molecular formula is C69H77N11O14S2. The van der Waals surface area contributed by atoms with Crippen molar-refractivity contribution in [3.63, 3.8) is 0 Å². The summed E-state index contributed by atoms with van der Waals surface area (Å²) in [5.41, 5.74) is 2.13. The summed E-state index contributed by atoms with van der Waals surface area (Å²) in [4.78, 5) is 50.6. The summed E-state index contributed by atoms with van der Waals surface area (Å²) in [5.74, 6) is 1.50. The van der Waals surface area contributed by atoms with Gasteiger partial charge >= 0.3 is 18.3 Å². The maximum Gasteiger partial charge on any atom is 0.410 e. The molecule has 1 fully saturated rings. The van der Waals surface area contributed by atoms with E-state index in [1.54, 1.807) is 164 Å². The van der Waals surface area contributed by atoms with Crippen LogP contribution in [0, 0.1) is 0 Å². The predicted octanol–water partition coefficient (Wildman–Crippen LogP) is 10.3. The van der Waals surface area contributed by atoms with Gasteiger partial charge in [-0.2, -0.15) is 9.10 Å². The number of ether oxygens (including phenoxy) is 7. The lowest BCUT2D eigenvalue weighted by Gasteiger charge is -2.27. The number of carbonyl (C=O) groups is 3. The number of hydrogen-bond acceptors (Lipinski definition) is 18. The number of carbonyl (C=O) groups excluding carboxylic acids is 3. The number of rotatable bonds is 25. The number of hydrogen-bond donors (Lipinski definition) is 4. The number of methoxy groups -OCH3 is 3. The Morgan fingerprint density at radius 2 is 1.19 bits per heavy atom.